The summed E-state index contributed by atoms with van der Waals surface area (Å²) in [5.74, 6) is 0.289. The Morgan fingerprint density at radius 1 is 1.32 bits per heavy atom. The number of nitrogens with one attached hydrogen (secondary N) is 1. The molecule has 2 N–H and O–H groups in total. The molecule has 25 heavy (non-hydrogen) atoms. The Morgan fingerprint density at radius 2 is 2.08 bits per heavy atom. The van der Waals surface area contributed by atoms with E-state index in [2.05, 4.69) is 5.32 Å². The number of aliphatic hydroxyl groups is 1. The van der Waals surface area contributed by atoms with Crippen molar-refractivity contribution in [2.45, 2.75) is 19.4 Å². The van der Waals surface area contributed by atoms with Gasteiger partial charge in [-0.15, -0.1) is 0 Å². The fourth-order valence-corrected chi connectivity index (χ4v) is 2.99. The Balaban J connectivity index is 1.51. The molecule has 0 aromatic heterocycles. The number of hydrogen-bond acceptors (Lipinski definition) is 4. The van der Waals surface area contributed by atoms with Crippen LogP contribution in [-0.4, -0.2) is 36.8 Å². The standard InChI is InChI=1S/C19H21FN2O3/c1-13(23)21-14-5-7-16(8-6-14)25-12-15(24)11-22-10-9-17-18(20)3-2-4-19(17)22/h2-8,15,24H,9-12H2,1H3,(H,21,23)/t15-/m0/s1. The molecule has 0 radical (unpaired) electrons. The minimum atomic E-state index is -0.691. The van der Waals surface area contributed by atoms with Gasteiger partial charge in [-0.2, -0.15) is 0 Å². The molecule has 6 heteroatoms. The van der Waals surface area contributed by atoms with Gasteiger partial charge in [0.05, 0.1) is 0 Å². The lowest BCUT2D eigenvalue weighted by atomic mass is 10.1. The molecule has 0 fully saturated rings. The molecule has 2 aromatic rings. The Bertz CT molecular complexity index is 749. The molecule has 0 unspecified atom stereocenters. The van der Waals surface area contributed by atoms with E-state index >= 15 is 0 Å². The molecule has 0 saturated heterocycles. The first kappa shape index (κ1) is 17.2. The number of fused-ring (bicyclic) bond motifs is 1. The third-order valence-electron chi connectivity index (χ3n) is 4.11. The van der Waals surface area contributed by atoms with Crippen LogP contribution in [0.25, 0.3) is 0 Å². The molecule has 1 heterocycles. The van der Waals surface area contributed by atoms with Gasteiger partial charge in [0.25, 0.3) is 0 Å². The second-order valence-electron chi connectivity index (χ2n) is 6.10. The topological polar surface area (TPSA) is 61.8 Å². The van der Waals surface area contributed by atoms with E-state index in [-0.39, 0.29) is 18.3 Å². The van der Waals surface area contributed by atoms with Crippen molar-refractivity contribution in [3.63, 3.8) is 0 Å². The van der Waals surface area contributed by atoms with Gasteiger partial charge in [-0.3, -0.25) is 4.79 Å². The van der Waals surface area contributed by atoms with Crippen molar-refractivity contribution < 1.29 is 19.0 Å². The molecule has 1 aliphatic heterocycles. The average Bonchev–Trinajstić information content (AvgIpc) is 2.98. The fraction of sp³-hybridized carbons (Fsp3) is 0.316. The van der Waals surface area contributed by atoms with Gasteiger partial charge in [-0.25, -0.2) is 4.39 Å². The lowest BCUT2D eigenvalue weighted by Gasteiger charge is -2.23. The van der Waals surface area contributed by atoms with E-state index in [4.69, 9.17) is 4.74 Å². The normalized spacial score (nSPS) is 14.1. The maximum absolute atomic E-state index is 13.7. The fourth-order valence-electron chi connectivity index (χ4n) is 2.99. The van der Waals surface area contributed by atoms with Crippen LogP contribution >= 0.6 is 0 Å². The van der Waals surface area contributed by atoms with Gasteiger partial charge in [-0.1, -0.05) is 6.07 Å². The first-order valence-electron chi connectivity index (χ1n) is 8.24. The quantitative estimate of drug-likeness (QED) is 0.846. The van der Waals surface area contributed by atoms with E-state index in [0.29, 0.717) is 36.5 Å². The molecule has 0 aliphatic carbocycles. The molecule has 132 valence electrons. The van der Waals surface area contributed by atoms with Crippen molar-refractivity contribution in [3.05, 3.63) is 53.8 Å². The molecule has 1 aliphatic rings. The monoisotopic (exact) mass is 344 g/mol. The largest absolute Gasteiger partial charge is 0.491 e. The molecule has 1 amide bonds. The van der Waals surface area contributed by atoms with Gasteiger partial charge in [-0.05, 0) is 42.8 Å². The first-order valence-corrected chi connectivity index (χ1v) is 8.24. The van der Waals surface area contributed by atoms with Gasteiger partial charge >= 0.3 is 0 Å². The Morgan fingerprint density at radius 3 is 2.80 bits per heavy atom. The van der Waals surface area contributed by atoms with Crippen LogP contribution in [-0.2, 0) is 11.2 Å². The number of β-amino-alcohol motifs (C(OH)–C–C–N with tert-alkyl or cyclic N) is 1. The number of ether oxygens (including phenoxy) is 1. The number of anilines is 2. The minimum absolute atomic E-state index is 0.133. The molecule has 3 rings (SSSR count). The van der Waals surface area contributed by atoms with E-state index in [1.807, 2.05) is 11.0 Å². The number of benzene rings is 2. The first-order chi connectivity index (χ1) is 12.0. The lowest BCUT2D eigenvalue weighted by molar-refractivity contribution is -0.114. The van der Waals surface area contributed by atoms with E-state index in [0.717, 1.165) is 5.69 Å². The molecule has 2 aromatic carbocycles. The number of carbonyl (C=O) groups excluding carboxylic acids is 1. The smallest absolute Gasteiger partial charge is 0.221 e. The molecule has 1 atom stereocenters. The van der Waals surface area contributed by atoms with Crippen LogP contribution in [0.1, 0.15) is 12.5 Å². The zero-order valence-corrected chi connectivity index (χ0v) is 14.0. The van der Waals surface area contributed by atoms with Gasteiger partial charge in [0.1, 0.15) is 24.3 Å². The van der Waals surface area contributed by atoms with Crippen molar-refractivity contribution in [3.8, 4) is 5.75 Å². The van der Waals surface area contributed by atoms with Gasteiger partial charge < -0.3 is 20.1 Å². The third-order valence-corrected chi connectivity index (χ3v) is 4.11. The molecular weight excluding hydrogens is 323 g/mol. The van der Waals surface area contributed by atoms with Crippen LogP contribution in [0, 0.1) is 5.82 Å². The predicted octanol–water partition coefficient (Wildman–Crippen LogP) is 2.59. The van der Waals surface area contributed by atoms with E-state index in [1.165, 1.54) is 13.0 Å². The number of halogens is 1. The minimum Gasteiger partial charge on any atom is -0.491 e. The van der Waals surface area contributed by atoms with Crippen LogP contribution < -0.4 is 15.0 Å². The highest BCUT2D eigenvalue weighted by Gasteiger charge is 2.23. The summed E-state index contributed by atoms with van der Waals surface area (Å²) in [5.41, 5.74) is 2.25. The molecular formula is C19H21FN2O3. The molecule has 0 bridgehead atoms. The average molecular weight is 344 g/mol. The number of hydrogen-bond donors (Lipinski definition) is 2. The third kappa shape index (κ3) is 4.28. The van der Waals surface area contributed by atoms with Crippen molar-refractivity contribution in [2.75, 3.05) is 29.9 Å². The highest BCUT2D eigenvalue weighted by Crippen LogP contribution is 2.29. The second-order valence-corrected chi connectivity index (χ2v) is 6.10. The van der Waals surface area contributed by atoms with Crippen LogP contribution in [0.5, 0.6) is 5.75 Å². The van der Waals surface area contributed by atoms with Crippen LogP contribution in [0.3, 0.4) is 0 Å². The van der Waals surface area contributed by atoms with Gasteiger partial charge in [0.15, 0.2) is 0 Å². The summed E-state index contributed by atoms with van der Waals surface area (Å²) in [6.07, 6.45) is -0.0375. The van der Waals surface area contributed by atoms with Crippen LogP contribution in [0.15, 0.2) is 42.5 Å². The Hall–Kier alpha value is -2.60. The number of aliphatic hydroxyl groups excluding tert-OH is 1. The van der Waals surface area contributed by atoms with Crippen molar-refractivity contribution in [2.24, 2.45) is 0 Å². The maximum Gasteiger partial charge on any atom is 0.221 e. The molecule has 0 saturated carbocycles. The second kappa shape index (κ2) is 7.53. The van der Waals surface area contributed by atoms with Crippen molar-refractivity contribution >= 4 is 17.3 Å². The van der Waals surface area contributed by atoms with E-state index in [9.17, 15) is 14.3 Å². The Kier molecular flexibility index (Phi) is 5.19. The zero-order valence-electron chi connectivity index (χ0n) is 14.0. The number of nitrogens with zero attached hydrogens (tertiary/aromatic N) is 1. The highest BCUT2D eigenvalue weighted by atomic mass is 19.1. The summed E-state index contributed by atoms with van der Waals surface area (Å²) in [6, 6.07) is 12.0. The zero-order chi connectivity index (χ0) is 17.8. The Labute approximate surface area is 146 Å². The molecule has 5 nitrogen and oxygen atoms in total. The summed E-state index contributed by atoms with van der Waals surface area (Å²) < 4.78 is 19.3. The van der Waals surface area contributed by atoms with Crippen molar-refractivity contribution in [1.29, 1.82) is 0 Å². The maximum atomic E-state index is 13.7. The SMILES string of the molecule is CC(=O)Nc1ccc(OC[C@@H](O)CN2CCc3c(F)cccc32)cc1. The van der Waals surface area contributed by atoms with Crippen molar-refractivity contribution in [1.82, 2.24) is 0 Å². The highest BCUT2D eigenvalue weighted by molar-refractivity contribution is 5.88. The van der Waals surface area contributed by atoms with E-state index < -0.39 is 6.10 Å². The summed E-state index contributed by atoms with van der Waals surface area (Å²) in [6.45, 7) is 2.67. The van der Waals surface area contributed by atoms with Crippen LogP contribution in [0.2, 0.25) is 0 Å². The van der Waals surface area contributed by atoms with E-state index in [1.54, 1.807) is 30.3 Å². The predicted molar refractivity (Wildman–Crippen MR) is 94.6 cm³/mol. The number of rotatable bonds is 6. The molecule has 0 spiro atoms. The number of amides is 1. The summed E-state index contributed by atoms with van der Waals surface area (Å²) in [7, 11) is 0. The van der Waals surface area contributed by atoms with Gasteiger partial charge in [0.2, 0.25) is 5.91 Å². The van der Waals surface area contributed by atoms with Gasteiger partial charge in [0, 0.05) is 37.0 Å². The number of carbonyl (C=O) groups is 1. The summed E-state index contributed by atoms with van der Waals surface area (Å²) >= 11 is 0. The van der Waals surface area contributed by atoms with Crippen LogP contribution in [0.4, 0.5) is 15.8 Å². The summed E-state index contributed by atoms with van der Waals surface area (Å²) in [5, 5.41) is 12.9. The lowest BCUT2D eigenvalue weighted by Crippen LogP contribution is -2.34. The summed E-state index contributed by atoms with van der Waals surface area (Å²) in [4.78, 5) is 13.0.